The van der Waals surface area contributed by atoms with E-state index in [9.17, 15) is 29.1 Å². The SMILES string of the molecule is C[C@@H](O)[C@H](NC(=O)[C@@H](N)Cc1ccccc1)C(=O)N[C@@H](CCCCN)C(=O)N1CCC[C@H]1C(=O)NCC(=O)O. The zero-order valence-corrected chi connectivity index (χ0v) is 22.2. The smallest absolute Gasteiger partial charge is 0.322 e. The van der Waals surface area contributed by atoms with E-state index in [1.165, 1.54) is 11.8 Å². The molecule has 2 rings (SSSR count). The first-order valence-electron chi connectivity index (χ1n) is 13.1. The van der Waals surface area contributed by atoms with Crippen molar-refractivity contribution >= 4 is 29.6 Å². The molecule has 1 heterocycles. The third-order valence-corrected chi connectivity index (χ3v) is 6.51. The van der Waals surface area contributed by atoms with Crippen LogP contribution in [0.5, 0.6) is 0 Å². The van der Waals surface area contributed by atoms with E-state index in [-0.39, 0.29) is 19.4 Å². The van der Waals surface area contributed by atoms with Crippen LogP contribution in [-0.4, -0.2) is 94.6 Å². The van der Waals surface area contributed by atoms with Crippen LogP contribution in [0.15, 0.2) is 30.3 Å². The lowest BCUT2D eigenvalue weighted by molar-refractivity contribution is -0.143. The fraction of sp³-hybridized carbons (Fsp3) is 0.577. The zero-order valence-electron chi connectivity index (χ0n) is 22.2. The van der Waals surface area contributed by atoms with Gasteiger partial charge < -0.3 is 42.5 Å². The molecule has 0 unspecified atom stereocenters. The number of carboxylic acids is 1. The van der Waals surface area contributed by atoms with Crippen LogP contribution in [0.2, 0.25) is 0 Å². The molecule has 1 aromatic carbocycles. The number of aliphatic hydroxyl groups excluding tert-OH is 1. The quantitative estimate of drug-likeness (QED) is 0.123. The number of carbonyl (C=O) groups is 5. The summed E-state index contributed by atoms with van der Waals surface area (Å²) in [5, 5.41) is 26.5. The molecule has 0 saturated carbocycles. The normalized spacial score (nSPS) is 17.9. The van der Waals surface area contributed by atoms with Gasteiger partial charge in [-0.05, 0) is 57.6 Å². The first kappa shape index (κ1) is 31.7. The maximum Gasteiger partial charge on any atom is 0.322 e. The first-order chi connectivity index (χ1) is 18.5. The van der Waals surface area contributed by atoms with Gasteiger partial charge in [0, 0.05) is 6.54 Å². The van der Waals surface area contributed by atoms with Gasteiger partial charge >= 0.3 is 5.97 Å². The number of aliphatic hydroxyl groups is 1. The van der Waals surface area contributed by atoms with Gasteiger partial charge in [-0.2, -0.15) is 0 Å². The number of nitrogens with one attached hydrogen (secondary N) is 3. The lowest BCUT2D eigenvalue weighted by atomic mass is 10.0. The van der Waals surface area contributed by atoms with Gasteiger partial charge in [0.2, 0.25) is 23.6 Å². The van der Waals surface area contributed by atoms with Crippen molar-refractivity contribution in [2.75, 3.05) is 19.6 Å². The van der Waals surface area contributed by atoms with E-state index < -0.39 is 66.4 Å². The molecule has 39 heavy (non-hydrogen) atoms. The third kappa shape index (κ3) is 9.93. The molecular formula is C26H40N6O7. The maximum atomic E-state index is 13.5. The first-order valence-corrected chi connectivity index (χ1v) is 13.1. The molecule has 0 radical (unpaired) electrons. The van der Waals surface area contributed by atoms with Crippen LogP contribution >= 0.6 is 0 Å². The minimum atomic E-state index is -1.38. The van der Waals surface area contributed by atoms with Crippen LogP contribution in [0.1, 0.15) is 44.6 Å². The minimum absolute atomic E-state index is 0.218. The highest BCUT2D eigenvalue weighted by molar-refractivity contribution is 5.95. The summed E-state index contributed by atoms with van der Waals surface area (Å²) in [6.07, 6.45) is 1.13. The number of benzene rings is 1. The Morgan fingerprint density at radius 2 is 1.77 bits per heavy atom. The van der Waals surface area contributed by atoms with Gasteiger partial charge in [-0.1, -0.05) is 30.3 Å². The highest BCUT2D eigenvalue weighted by Crippen LogP contribution is 2.20. The van der Waals surface area contributed by atoms with Crippen LogP contribution in [0.25, 0.3) is 0 Å². The predicted molar refractivity (Wildman–Crippen MR) is 142 cm³/mol. The van der Waals surface area contributed by atoms with Crippen molar-refractivity contribution in [2.24, 2.45) is 11.5 Å². The summed E-state index contributed by atoms with van der Waals surface area (Å²) in [5.41, 5.74) is 12.4. The Hall–Kier alpha value is -3.55. The van der Waals surface area contributed by atoms with E-state index in [4.69, 9.17) is 16.6 Å². The Morgan fingerprint density at radius 3 is 2.38 bits per heavy atom. The van der Waals surface area contributed by atoms with E-state index in [1.807, 2.05) is 30.3 Å². The van der Waals surface area contributed by atoms with Gasteiger partial charge in [0.25, 0.3) is 0 Å². The Kier molecular flexibility index (Phi) is 12.8. The summed E-state index contributed by atoms with van der Waals surface area (Å²) in [6, 6.07) is 4.83. The number of amides is 4. The molecule has 0 bridgehead atoms. The highest BCUT2D eigenvalue weighted by atomic mass is 16.4. The van der Waals surface area contributed by atoms with Crippen LogP contribution in [-0.2, 0) is 30.4 Å². The second kappa shape index (κ2) is 15.8. The third-order valence-electron chi connectivity index (χ3n) is 6.51. The molecule has 1 saturated heterocycles. The molecule has 13 nitrogen and oxygen atoms in total. The number of carboxylic acid groups (broad SMARTS) is 1. The summed E-state index contributed by atoms with van der Waals surface area (Å²) in [6.45, 7) is 1.40. The molecule has 9 N–H and O–H groups in total. The van der Waals surface area contributed by atoms with Gasteiger partial charge in [-0.25, -0.2) is 0 Å². The zero-order chi connectivity index (χ0) is 28.9. The summed E-state index contributed by atoms with van der Waals surface area (Å²) in [5.74, 6) is -3.72. The van der Waals surface area contributed by atoms with Gasteiger partial charge in [-0.3, -0.25) is 24.0 Å². The van der Waals surface area contributed by atoms with Crippen molar-refractivity contribution in [1.29, 1.82) is 0 Å². The van der Waals surface area contributed by atoms with Crippen LogP contribution < -0.4 is 27.4 Å². The molecular weight excluding hydrogens is 508 g/mol. The van der Waals surface area contributed by atoms with Crippen LogP contribution in [0, 0.1) is 0 Å². The van der Waals surface area contributed by atoms with E-state index in [2.05, 4.69) is 16.0 Å². The molecule has 1 aromatic rings. The van der Waals surface area contributed by atoms with Crippen LogP contribution in [0.4, 0.5) is 0 Å². The molecule has 1 aliphatic heterocycles. The van der Waals surface area contributed by atoms with E-state index in [0.29, 0.717) is 32.2 Å². The van der Waals surface area contributed by atoms with Crippen molar-refractivity contribution < 1.29 is 34.2 Å². The molecule has 216 valence electrons. The topological polar surface area (TPSA) is 217 Å². The Bertz CT molecular complexity index is 990. The largest absolute Gasteiger partial charge is 0.480 e. The van der Waals surface area contributed by atoms with Gasteiger partial charge in [0.15, 0.2) is 0 Å². The Balaban J connectivity index is 2.11. The maximum absolute atomic E-state index is 13.5. The van der Waals surface area contributed by atoms with Crippen LogP contribution in [0.3, 0.4) is 0 Å². The average Bonchev–Trinajstić information content (AvgIpc) is 3.39. The standard InChI is InChI=1S/C26H40N6O7/c1-16(33)22(31-23(36)18(28)14-17-8-3-2-4-9-17)25(38)30-19(10-5-6-12-27)26(39)32-13-7-11-20(32)24(37)29-15-21(34)35/h2-4,8-9,16,18-20,22,33H,5-7,10-15,27-28H2,1H3,(H,29,37)(H,30,38)(H,31,36)(H,34,35)/t16-,18+,19+,20+,22+/m1/s1. The second-order valence-corrected chi connectivity index (χ2v) is 9.67. The fourth-order valence-electron chi connectivity index (χ4n) is 4.42. The van der Waals surface area contributed by atoms with Crippen molar-refractivity contribution in [3.05, 3.63) is 35.9 Å². The highest BCUT2D eigenvalue weighted by Gasteiger charge is 2.38. The molecule has 13 heteroatoms. The number of likely N-dealkylation sites (tertiary alicyclic amines) is 1. The molecule has 1 fully saturated rings. The summed E-state index contributed by atoms with van der Waals surface area (Å²) < 4.78 is 0. The second-order valence-electron chi connectivity index (χ2n) is 9.67. The van der Waals surface area contributed by atoms with E-state index in [0.717, 1.165) is 5.56 Å². The number of carbonyl (C=O) groups excluding carboxylic acids is 4. The lowest BCUT2D eigenvalue weighted by Crippen LogP contribution is -2.60. The minimum Gasteiger partial charge on any atom is -0.480 e. The lowest BCUT2D eigenvalue weighted by Gasteiger charge is -2.30. The predicted octanol–water partition coefficient (Wildman–Crippen LogP) is -1.77. The monoisotopic (exact) mass is 548 g/mol. The van der Waals surface area contributed by atoms with Gasteiger partial charge in [-0.15, -0.1) is 0 Å². The van der Waals surface area contributed by atoms with Crippen molar-refractivity contribution in [2.45, 2.75) is 75.7 Å². The fourth-order valence-corrected chi connectivity index (χ4v) is 4.42. The number of hydrogen-bond acceptors (Lipinski definition) is 8. The average molecular weight is 549 g/mol. The molecule has 0 aromatic heterocycles. The summed E-state index contributed by atoms with van der Waals surface area (Å²) >= 11 is 0. The number of unbranched alkanes of at least 4 members (excludes halogenated alkanes) is 1. The number of rotatable bonds is 15. The number of nitrogens with two attached hydrogens (primary N) is 2. The van der Waals surface area contributed by atoms with E-state index in [1.54, 1.807) is 0 Å². The molecule has 0 spiro atoms. The number of aliphatic carboxylic acids is 1. The van der Waals surface area contributed by atoms with E-state index >= 15 is 0 Å². The van der Waals surface area contributed by atoms with Crippen molar-refractivity contribution in [3.63, 3.8) is 0 Å². The summed E-state index contributed by atoms with van der Waals surface area (Å²) in [7, 11) is 0. The summed E-state index contributed by atoms with van der Waals surface area (Å²) in [4.78, 5) is 64.1. The van der Waals surface area contributed by atoms with Crippen molar-refractivity contribution in [3.8, 4) is 0 Å². The number of hydrogen-bond donors (Lipinski definition) is 7. The Morgan fingerprint density at radius 1 is 1.08 bits per heavy atom. The molecule has 0 aliphatic carbocycles. The molecule has 1 aliphatic rings. The van der Waals surface area contributed by atoms with Gasteiger partial charge in [0.1, 0.15) is 24.7 Å². The Labute approximate surface area is 227 Å². The van der Waals surface area contributed by atoms with Crippen molar-refractivity contribution in [1.82, 2.24) is 20.9 Å². The number of nitrogens with zero attached hydrogens (tertiary/aromatic N) is 1. The van der Waals surface area contributed by atoms with Gasteiger partial charge in [0.05, 0.1) is 12.1 Å². The molecule has 4 amide bonds. The molecule has 5 atom stereocenters.